The first-order valence-electron chi connectivity index (χ1n) is 7.64. The van der Waals surface area contributed by atoms with Crippen molar-refractivity contribution in [2.75, 3.05) is 6.54 Å². The molecule has 0 atom stereocenters. The van der Waals surface area contributed by atoms with Gasteiger partial charge in [-0.1, -0.05) is 23.7 Å². The quantitative estimate of drug-likeness (QED) is 0.322. The van der Waals surface area contributed by atoms with Crippen molar-refractivity contribution in [1.82, 2.24) is 4.90 Å². The number of nitrogens with zero attached hydrogens (tertiary/aromatic N) is 2. The summed E-state index contributed by atoms with van der Waals surface area (Å²) in [6.07, 6.45) is 1.53. The summed E-state index contributed by atoms with van der Waals surface area (Å²) in [6, 6.07) is 11.8. The number of carbonyl (C=O) groups excluding carboxylic acids is 3. The molecule has 0 aliphatic carbocycles. The minimum atomic E-state index is -0.578. The van der Waals surface area contributed by atoms with Gasteiger partial charge in [0, 0.05) is 22.7 Å². The largest absolute Gasteiger partial charge is 0.293 e. The summed E-state index contributed by atoms with van der Waals surface area (Å²) in [5.74, 6) is -1.06. The van der Waals surface area contributed by atoms with Gasteiger partial charge in [0.05, 0.1) is 16.4 Å². The maximum atomic E-state index is 12.5. The maximum Gasteiger partial charge on any atom is 0.293 e. The Bertz CT molecular complexity index is 988. The predicted molar refractivity (Wildman–Crippen MR) is 102 cm³/mol. The van der Waals surface area contributed by atoms with E-state index in [0.717, 1.165) is 16.7 Å². The fourth-order valence-corrected chi connectivity index (χ4v) is 3.42. The topological polar surface area (TPSA) is 97.6 Å². The first-order chi connectivity index (χ1) is 12.8. The molecule has 1 heterocycles. The number of carbonyl (C=O) groups is 3. The summed E-state index contributed by atoms with van der Waals surface area (Å²) in [6.45, 7) is -0.435. The molecule has 3 rings (SSSR count). The molecule has 9 heteroatoms. The van der Waals surface area contributed by atoms with E-state index in [9.17, 15) is 24.5 Å². The lowest BCUT2D eigenvalue weighted by Crippen LogP contribution is -2.33. The Morgan fingerprint density at radius 2 is 1.89 bits per heavy atom. The van der Waals surface area contributed by atoms with E-state index in [4.69, 9.17) is 11.6 Å². The predicted octanol–water partition coefficient (Wildman–Crippen LogP) is 4.17. The monoisotopic (exact) mass is 402 g/mol. The van der Waals surface area contributed by atoms with Crippen LogP contribution in [0.4, 0.5) is 10.5 Å². The van der Waals surface area contributed by atoms with Gasteiger partial charge in [-0.05, 0) is 47.7 Å². The summed E-state index contributed by atoms with van der Waals surface area (Å²) in [7, 11) is 0. The zero-order valence-electron chi connectivity index (χ0n) is 13.6. The standard InChI is InChI=1S/C18H11ClN2O5S/c19-13-3-1-2-11(8-13)9-16-17(23)20(18(24)27-16)10-15(22)12-4-6-14(7-5-12)21(25)26/h1-9H,10H2/b16-9+. The van der Waals surface area contributed by atoms with Gasteiger partial charge in [0.15, 0.2) is 5.78 Å². The van der Waals surface area contributed by atoms with Crippen LogP contribution < -0.4 is 0 Å². The minimum Gasteiger partial charge on any atom is -0.292 e. The van der Waals surface area contributed by atoms with Crippen molar-refractivity contribution in [3.8, 4) is 0 Å². The van der Waals surface area contributed by atoms with Gasteiger partial charge < -0.3 is 0 Å². The highest BCUT2D eigenvalue weighted by Gasteiger charge is 2.36. The van der Waals surface area contributed by atoms with Gasteiger partial charge in [-0.2, -0.15) is 0 Å². The van der Waals surface area contributed by atoms with Crippen LogP contribution in [-0.4, -0.2) is 33.3 Å². The molecule has 1 saturated heterocycles. The molecule has 136 valence electrons. The number of hydrogen-bond donors (Lipinski definition) is 0. The molecule has 1 aliphatic heterocycles. The fourth-order valence-electron chi connectivity index (χ4n) is 2.39. The van der Waals surface area contributed by atoms with Gasteiger partial charge in [0.1, 0.15) is 0 Å². The third-order valence-corrected chi connectivity index (χ3v) is 4.86. The van der Waals surface area contributed by atoms with Crippen LogP contribution in [-0.2, 0) is 4.79 Å². The second-order valence-corrected chi connectivity index (χ2v) is 6.98. The Balaban J connectivity index is 1.75. The molecule has 0 radical (unpaired) electrons. The lowest BCUT2D eigenvalue weighted by Gasteiger charge is -2.11. The molecule has 2 aromatic carbocycles. The lowest BCUT2D eigenvalue weighted by atomic mass is 10.1. The Hall–Kier alpha value is -2.97. The third-order valence-electron chi connectivity index (χ3n) is 3.72. The molecule has 0 unspecified atom stereocenters. The second kappa shape index (κ2) is 7.73. The first-order valence-corrected chi connectivity index (χ1v) is 8.83. The average molecular weight is 403 g/mol. The summed E-state index contributed by atoms with van der Waals surface area (Å²) in [5, 5.41) is 10.6. The van der Waals surface area contributed by atoms with Crippen molar-refractivity contribution in [2.45, 2.75) is 0 Å². The summed E-state index contributed by atoms with van der Waals surface area (Å²) < 4.78 is 0. The summed E-state index contributed by atoms with van der Waals surface area (Å²) in [4.78, 5) is 48.0. The normalized spacial score (nSPS) is 15.4. The number of non-ortho nitro benzene ring substituents is 1. The van der Waals surface area contributed by atoms with E-state index in [0.29, 0.717) is 10.6 Å². The lowest BCUT2D eigenvalue weighted by molar-refractivity contribution is -0.384. The van der Waals surface area contributed by atoms with Crippen LogP contribution >= 0.6 is 23.4 Å². The molecule has 0 bridgehead atoms. The Morgan fingerprint density at radius 3 is 2.52 bits per heavy atom. The number of thioether (sulfide) groups is 1. The number of imide groups is 1. The molecule has 2 amide bonds. The van der Waals surface area contributed by atoms with Crippen LogP contribution in [0, 0.1) is 10.1 Å². The van der Waals surface area contributed by atoms with Crippen molar-refractivity contribution in [3.63, 3.8) is 0 Å². The minimum absolute atomic E-state index is 0.151. The fraction of sp³-hybridized carbons (Fsp3) is 0.0556. The molecule has 1 aliphatic rings. The van der Waals surface area contributed by atoms with Crippen LogP contribution in [0.25, 0.3) is 6.08 Å². The van der Waals surface area contributed by atoms with Crippen LogP contribution in [0.15, 0.2) is 53.4 Å². The summed E-state index contributed by atoms with van der Waals surface area (Å²) >= 11 is 6.65. The molecular weight excluding hydrogens is 392 g/mol. The number of Topliss-reactive ketones (excluding diaryl/α,β-unsaturated/α-hetero) is 1. The van der Waals surface area contributed by atoms with Crippen LogP contribution in [0.5, 0.6) is 0 Å². The van der Waals surface area contributed by atoms with Crippen LogP contribution in [0.2, 0.25) is 5.02 Å². The van der Waals surface area contributed by atoms with Crippen molar-refractivity contribution >= 4 is 52.1 Å². The third kappa shape index (κ3) is 4.24. The molecule has 0 spiro atoms. The van der Waals surface area contributed by atoms with Crippen molar-refractivity contribution < 1.29 is 19.3 Å². The van der Waals surface area contributed by atoms with Gasteiger partial charge in [0.25, 0.3) is 16.8 Å². The number of amides is 2. The maximum absolute atomic E-state index is 12.5. The van der Waals surface area contributed by atoms with Gasteiger partial charge in [-0.15, -0.1) is 0 Å². The number of ketones is 1. The Kier molecular flexibility index (Phi) is 5.38. The van der Waals surface area contributed by atoms with E-state index in [1.54, 1.807) is 24.3 Å². The van der Waals surface area contributed by atoms with E-state index >= 15 is 0 Å². The average Bonchev–Trinajstić information content (AvgIpc) is 2.89. The number of nitro benzene ring substituents is 1. The Labute approximate surface area is 162 Å². The number of benzene rings is 2. The van der Waals surface area contributed by atoms with Gasteiger partial charge in [-0.3, -0.25) is 29.4 Å². The van der Waals surface area contributed by atoms with Crippen LogP contribution in [0.1, 0.15) is 15.9 Å². The molecule has 0 aromatic heterocycles. The van der Waals surface area contributed by atoms with Crippen molar-refractivity contribution in [3.05, 3.63) is 79.7 Å². The van der Waals surface area contributed by atoms with Gasteiger partial charge in [0.2, 0.25) is 0 Å². The summed E-state index contributed by atoms with van der Waals surface area (Å²) in [5.41, 5.74) is 0.690. The first kappa shape index (κ1) is 18.8. The number of halogens is 1. The van der Waals surface area contributed by atoms with Gasteiger partial charge in [-0.25, -0.2) is 0 Å². The van der Waals surface area contributed by atoms with Crippen molar-refractivity contribution in [1.29, 1.82) is 0 Å². The molecule has 1 fully saturated rings. The van der Waals surface area contributed by atoms with Gasteiger partial charge >= 0.3 is 0 Å². The van der Waals surface area contributed by atoms with E-state index in [1.165, 1.54) is 30.3 Å². The number of rotatable bonds is 5. The molecule has 2 aromatic rings. The van der Waals surface area contributed by atoms with E-state index in [1.807, 2.05) is 0 Å². The van der Waals surface area contributed by atoms with E-state index < -0.39 is 28.4 Å². The van der Waals surface area contributed by atoms with E-state index in [-0.39, 0.29) is 16.2 Å². The molecule has 0 saturated carbocycles. The zero-order valence-corrected chi connectivity index (χ0v) is 15.2. The SMILES string of the molecule is O=C(CN1C(=O)S/C(=C/c2cccc(Cl)c2)C1=O)c1ccc([N+](=O)[O-])cc1. The molecule has 27 heavy (non-hydrogen) atoms. The second-order valence-electron chi connectivity index (χ2n) is 5.55. The Morgan fingerprint density at radius 1 is 1.19 bits per heavy atom. The molecule has 7 nitrogen and oxygen atoms in total. The number of hydrogen-bond acceptors (Lipinski definition) is 6. The highest BCUT2D eigenvalue weighted by atomic mass is 35.5. The smallest absolute Gasteiger partial charge is 0.292 e. The highest BCUT2D eigenvalue weighted by molar-refractivity contribution is 8.18. The molecular formula is C18H11ClN2O5S. The number of nitro groups is 1. The van der Waals surface area contributed by atoms with E-state index in [2.05, 4.69) is 0 Å². The zero-order chi connectivity index (χ0) is 19.6. The highest BCUT2D eigenvalue weighted by Crippen LogP contribution is 2.32. The van der Waals surface area contributed by atoms with Crippen molar-refractivity contribution in [2.24, 2.45) is 0 Å². The van der Waals surface area contributed by atoms with Crippen LogP contribution in [0.3, 0.4) is 0 Å². The molecule has 0 N–H and O–H groups in total.